The standard InChI is InChI=1S/C10H21NO2.ClH/c1-5-7(3)9(11)10(12)13-8(4)6-2;/h7-9H,5-6,11H2,1-4H3;1H/t7-,8?,9-;/m0./s1. The monoisotopic (exact) mass is 223 g/mol. The fourth-order valence-corrected chi connectivity index (χ4v) is 0.846. The molecule has 0 saturated heterocycles. The van der Waals surface area contributed by atoms with Crippen molar-refractivity contribution in [1.82, 2.24) is 0 Å². The van der Waals surface area contributed by atoms with Crippen molar-refractivity contribution in [3.63, 3.8) is 0 Å². The molecule has 0 aromatic rings. The van der Waals surface area contributed by atoms with Gasteiger partial charge >= 0.3 is 5.97 Å². The Morgan fingerprint density at radius 2 is 1.79 bits per heavy atom. The number of carbonyl (C=O) groups is 1. The first-order valence-corrected chi connectivity index (χ1v) is 4.98. The van der Waals surface area contributed by atoms with Crippen LogP contribution in [-0.4, -0.2) is 18.1 Å². The number of halogens is 1. The molecule has 2 N–H and O–H groups in total. The van der Waals surface area contributed by atoms with Crippen LogP contribution in [0.2, 0.25) is 0 Å². The molecule has 4 heteroatoms. The van der Waals surface area contributed by atoms with E-state index in [1.54, 1.807) is 0 Å². The third-order valence-corrected chi connectivity index (χ3v) is 2.42. The average molecular weight is 224 g/mol. The molecule has 3 nitrogen and oxygen atoms in total. The second-order valence-corrected chi connectivity index (χ2v) is 3.57. The molecule has 0 aliphatic rings. The molecule has 0 spiro atoms. The second-order valence-electron chi connectivity index (χ2n) is 3.57. The maximum Gasteiger partial charge on any atom is 0.323 e. The molecule has 0 heterocycles. The van der Waals surface area contributed by atoms with Gasteiger partial charge < -0.3 is 10.5 Å². The van der Waals surface area contributed by atoms with Gasteiger partial charge in [0, 0.05) is 0 Å². The van der Waals surface area contributed by atoms with Crippen molar-refractivity contribution in [2.45, 2.75) is 52.7 Å². The zero-order valence-corrected chi connectivity index (χ0v) is 10.3. The molecule has 0 aromatic heterocycles. The molecule has 0 aliphatic heterocycles. The summed E-state index contributed by atoms with van der Waals surface area (Å²) in [6.07, 6.45) is 1.71. The Labute approximate surface area is 92.8 Å². The van der Waals surface area contributed by atoms with Crippen molar-refractivity contribution in [1.29, 1.82) is 0 Å². The normalized spacial score (nSPS) is 16.4. The van der Waals surface area contributed by atoms with Gasteiger partial charge in [0.25, 0.3) is 0 Å². The van der Waals surface area contributed by atoms with E-state index in [9.17, 15) is 4.79 Å². The Kier molecular flexibility index (Phi) is 9.31. The van der Waals surface area contributed by atoms with Crippen LogP contribution in [0.3, 0.4) is 0 Å². The van der Waals surface area contributed by atoms with Crippen molar-refractivity contribution < 1.29 is 9.53 Å². The number of hydrogen-bond donors (Lipinski definition) is 1. The van der Waals surface area contributed by atoms with E-state index in [0.717, 1.165) is 12.8 Å². The van der Waals surface area contributed by atoms with Gasteiger partial charge in [-0.25, -0.2) is 0 Å². The lowest BCUT2D eigenvalue weighted by Gasteiger charge is -2.19. The quantitative estimate of drug-likeness (QED) is 0.727. The van der Waals surface area contributed by atoms with Crippen molar-refractivity contribution in [2.24, 2.45) is 11.7 Å². The first-order chi connectivity index (χ1) is 6.02. The van der Waals surface area contributed by atoms with Crippen molar-refractivity contribution >= 4 is 18.4 Å². The van der Waals surface area contributed by atoms with Crippen molar-refractivity contribution in [3.05, 3.63) is 0 Å². The van der Waals surface area contributed by atoms with Gasteiger partial charge in [0.2, 0.25) is 0 Å². The minimum absolute atomic E-state index is 0. The highest BCUT2D eigenvalue weighted by atomic mass is 35.5. The smallest absolute Gasteiger partial charge is 0.323 e. The summed E-state index contributed by atoms with van der Waals surface area (Å²) in [4.78, 5) is 11.4. The highest BCUT2D eigenvalue weighted by Crippen LogP contribution is 2.08. The Hall–Kier alpha value is -0.280. The summed E-state index contributed by atoms with van der Waals surface area (Å²) >= 11 is 0. The number of rotatable bonds is 5. The Bertz CT molecular complexity index is 164. The summed E-state index contributed by atoms with van der Waals surface area (Å²) in [5.74, 6) is -0.0831. The number of nitrogens with two attached hydrogens (primary N) is 1. The molecule has 0 rings (SSSR count). The van der Waals surface area contributed by atoms with Gasteiger partial charge in [-0.15, -0.1) is 12.4 Å². The fraction of sp³-hybridized carbons (Fsp3) is 0.900. The van der Waals surface area contributed by atoms with Gasteiger partial charge in [-0.2, -0.15) is 0 Å². The van der Waals surface area contributed by atoms with Crippen LogP contribution in [0.4, 0.5) is 0 Å². The third-order valence-electron chi connectivity index (χ3n) is 2.42. The lowest BCUT2D eigenvalue weighted by atomic mass is 10.0. The van der Waals surface area contributed by atoms with Gasteiger partial charge in [-0.05, 0) is 19.3 Å². The van der Waals surface area contributed by atoms with Crippen LogP contribution in [0.25, 0.3) is 0 Å². The maximum absolute atomic E-state index is 11.4. The Morgan fingerprint density at radius 1 is 1.29 bits per heavy atom. The highest BCUT2D eigenvalue weighted by molar-refractivity contribution is 5.85. The van der Waals surface area contributed by atoms with Crippen LogP contribution in [0, 0.1) is 5.92 Å². The van der Waals surface area contributed by atoms with E-state index >= 15 is 0 Å². The average Bonchev–Trinajstić information content (AvgIpc) is 2.14. The van der Waals surface area contributed by atoms with Crippen LogP contribution in [0.15, 0.2) is 0 Å². The molecule has 86 valence electrons. The zero-order chi connectivity index (χ0) is 10.4. The summed E-state index contributed by atoms with van der Waals surface area (Å²) in [5, 5.41) is 0. The molecule has 0 saturated carbocycles. The van der Waals surface area contributed by atoms with E-state index in [0.29, 0.717) is 0 Å². The molecular weight excluding hydrogens is 202 g/mol. The van der Waals surface area contributed by atoms with Crippen LogP contribution in [-0.2, 0) is 9.53 Å². The molecular formula is C10H22ClNO2. The molecule has 0 radical (unpaired) electrons. The van der Waals surface area contributed by atoms with E-state index in [1.165, 1.54) is 0 Å². The summed E-state index contributed by atoms with van der Waals surface area (Å²) in [6, 6.07) is -0.473. The maximum atomic E-state index is 11.4. The van der Waals surface area contributed by atoms with Crippen LogP contribution < -0.4 is 5.73 Å². The van der Waals surface area contributed by atoms with Gasteiger partial charge in [-0.1, -0.05) is 27.2 Å². The SMILES string of the molecule is CCC(C)OC(=O)[C@@H](N)[C@@H](C)CC.Cl. The molecule has 0 bridgehead atoms. The van der Waals surface area contributed by atoms with Crippen LogP contribution in [0.5, 0.6) is 0 Å². The number of esters is 1. The van der Waals surface area contributed by atoms with E-state index in [-0.39, 0.29) is 30.4 Å². The molecule has 0 aromatic carbocycles. The molecule has 14 heavy (non-hydrogen) atoms. The summed E-state index contributed by atoms with van der Waals surface area (Å²) < 4.78 is 5.12. The lowest BCUT2D eigenvalue weighted by molar-refractivity contribution is -0.151. The van der Waals surface area contributed by atoms with Crippen molar-refractivity contribution in [3.8, 4) is 0 Å². The predicted octanol–water partition coefficient (Wildman–Crippen LogP) is 2.12. The third kappa shape index (κ3) is 5.45. The van der Waals surface area contributed by atoms with E-state index in [2.05, 4.69) is 0 Å². The van der Waals surface area contributed by atoms with Crippen molar-refractivity contribution in [2.75, 3.05) is 0 Å². The van der Waals surface area contributed by atoms with E-state index < -0.39 is 6.04 Å². The highest BCUT2D eigenvalue weighted by Gasteiger charge is 2.21. The lowest BCUT2D eigenvalue weighted by Crippen LogP contribution is -2.39. The number of hydrogen-bond acceptors (Lipinski definition) is 3. The Morgan fingerprint density at radius 3 is 2.14 bits per heavy atom. The topological polar surface area (TPSA) is 52.3 Å². The van der Waals surface area contributed by atoms with Gasteiger partial charge in [-0.3, -0.25) is 4.79 Å². The van der Waals surface area contributed by atoms with E-state index in [4.69, 9.17) is 10.5 Å². The first-order valence-electron chi connectivity index (χ1n) is 4.98. The summed E-state index contributed by atoms with van der Waals surface area (Å²) in [5.41, 5.74) is 5.70. The first kappa shape index (κ1) is 16.2. The minimum Gasteiger partial charge on any atom is -0.462 e. The fourth-order valence-electron chi connectivity index (χ4n) is 0.846. The number of carbonyl (C=O) groups excluding carboxylic acids is 1. The largest absolute Gasteiger partial charge is 0.462 e. The number of ether oxygens (including phenoxy) is 1. The zero-order valence-electron chi connectivity index (χ0n) is 9.45. The van der Waals surface area contributed by atoms with E-state index in [1.807, 2.05) is 27.7 Å². The van der Waals surface area contributed by atoms with Gasteiger partial charge in [0.15, 0.2) is 0 Å². The molecule has 0 fully saturated rings. The summed E-state index contributed by atoms with van der Waals surface area (Å²) in [7, 11) is 0. The molecule has 1 unspecified atom stereocenters. The Balaban J connectivity index is 0. The van der Waals surface area contributed by atoms with Crippen LogP contribution >= 0.6 is 12.4 Å². The molecule has 0 aliphatic carbocycles. The van der Waals surface area contributed by atoms with Crippen LogP contribution in [0.1, 0.15) is 40.5 Å². The molecule has 0 amide bonds. The summed E-state index contributed by atoms with van der Waals surface area (Å²) in [6.45, 7) is 7.83. The molecule has 3 atom stereocenters. The second kappa shape index (κ2) is 8.06. The predicted molar refractivity (Wildman–Crippen MR) is 60.5 cm³/mol. The minimum atomic E-state index is -0.473. The van der Waals surface area contributed by atoms with Gasteiger partial charge in [0.05, 0.1) is 6.10 Å². The van der Waals surface area contributed by atoms with Gasteiger partial charge in [0.1, 0.15) is 6.04 Å².